The van der Waals surface area contributed by atoms with Crippen molar-refractivity contribution in [2.24, 2.45) is 0 Å². The van der Waals surface area contributed by atoms with Crippen molar-refractivity contribution in [1.29, 1.82) is 0 Å². The van der Waals surface area contributed by atoms with Gasteiger partial charge >= 0.3 is 11.7 Å². The molecule has 0 aliphatic carbocycles. The molecule has 9 nitrogen and oxygen atoms in total. The van der Waals surface area contributed by atoms with Crippen molar-refractivity contribution in [1.82, 2.24) is 9.97 Å². The van der Waals surface area contributed by atoms with Crippen molar-refractivity contribution in [2.45, 2.75) is 13.3 Å². The van der Waals surface area contributed by atoms with E-state index in [1.165, 1.54) is 6.33 Å². The highest BCUT2D eigenvalue weighted by Gasteiger charge is 2.23. The van der Waals surface area contributed by atoms with Crippen LogP contribution in [0, 0.1) is 10.1 Å². The van der Waals surface area contributed by atoms with Gasteiger partial charge in [0, 0.05) is 12.2 Å². The number of carbonyl (C=O) groups excluding carboxylic acids is 1. The van der Waals surface area contributed by atoms with Gasteiger partial charge in [-0.2, -0.15) is 0 Å². The molecular formula is C21H21N5O4. The van der Waals surface area contributed by atoms with Gasteiger partial charge in [-0.1, -0.05) is 36.4 Å². The molecule has 0 bridgehead atoms. The average Bonchev–Trinajstić information content (AvgIpc) is 2.75. The molecule has 1 aromatic heterocycles. The summed E-state index contributed by atoms with van der Waals surface area (Å²) in [5.74, 6) is -0.324. The number of esters is 1. The zero-order valence-corrected chi connectivity index (χ0v) is 16.4. The number of hydrogen-bond donors (Lipinski definition) is 2. The van der Waals surface area contributed by atoms with E-state index < -0.39 is 10.9 Å². The summed E-state index contributed by atoms with van der Waals surface area (Å²) in [6, 6.07) is 16.3. The fourth-order valence-corrected chi connectivity index (χ4v) is 2.82. The Bertz CT molecular complexity index is 1030. The molecule has 3 rings (SSSR count). The number of anilines is 3. The van der Waals surface area contributed by atoms with E-state index in [9.17, 15) is 14.9 Å². The van der Waals surface area contributed by atoms with Gasteiger partial charge in [-0.25, -0.2) is 14.8 Å². The zero-order chi connectivity index (χ0) is 21.3. The average molecular weight is 407 g/mol. The van der Waals surface area contributed by atoms with Crippen LogP contribution in [0.1, 0.15) is 22.8 Å². The minimum atomic E-state index is -0.539. The summed E-state index contributed by atoms with van der Waals surface area (Å²) in [5.41, 5.74) is 1.64. The van der Waals surface area contributed by atoms with Crippen molar-refractivity contribution in [3.63, 3.8) is 0 Å². The number of nitrogens with one attached hydrogen (secondary N) is 2. The van der Waals surface area contributed by atoms with E-state index in [2.05, 4.69) is 20.6 Å². The number of nitrogens with zero attached hydrogens (tertiary/aromatic N) is 3. The molecule has 1 heterocycles. The molecule has 154 valence electrons. The van der Waals surface area contributed by atoms with Crippen molar-refractivity contribution in [3.8, 4) is 0 Å². The standard InChI is InChI=1S/C21H21N5O4/c1-2-30-21(27)16-9-6-10-17(13-16)25-20-18(26(28)29)19(23-14-24-20)22-12-11-15-7-4-3-5-8-15/h3-10,13-14H,2,11-12H2,1H3,(H2,22,23,24,25). The minimum Gasteiger partial charge on any atom is -0.462 e. The molecule has 2 N–H and O–H groups in total. The Morgan fingerprint density at radius 1 is 1.10 bits per heavy atom. The molecule has 0 radical (unpaired) electrons. The molecule has 2 aromatic carbocycles. The van der Waals surface area contributed by atoms with Crippen LogP contribution >= 0.6 is 0 Å². The minimum absolute atomic E-state index is 0.0261. The summed E-state index contributed by atoms with van der Waals surface area (Å²) in [4.78, 5) is 31.1. The third kappa shape index (κ3) is 5.28. The first-order valence-electron chi connectivity index (χ1n) is 9.40. The van der Waals surface area contributed by atoms with Gasteiger partial charge in [-0.15, -0.1) is 0 Å². The van der Waals surface area contributed by atoms with E-state index in [1.807, 2.05) is 30.3 Å². The van der Waals surface area contributed by atoms with Crippen LogP contribution in [0.15, 0.2) is 60.9 Å². The van der Waals surface area contributed by atoms with Crippen LogP contribution in [-0.2, 0) is 11.2 Å². The fraction of sp³-hybridized carbons (Fsp3) is 0.190. The molecule has 0 saturated heterocycles. The molecule has 0 saturated carbocycles. The van der Waals surface area contributed by atoms with Gasteiger partial charge in [-0.3, -0.25) is 10.1 Å². The summed E-state index contributed by atoms with van der Waals surface area (Å²) < 4.78 is 4.98. The lowest BCUT2D eigenvalue weighted by atomic mass is 10.1. The quantitative estimate of drug-likeness (QED) is 0.311. The first-order valence-corrected chi connectivity index (χ1v) is 9.40. The maximum Gasteiger partial charge on any atom is 0.353 e. The predicted octanol–water partition coefficient (Wildman–Crippen LogP) is 3.96. The topological polar surface area (TPSA) is 119 Å². The van der Waals surface area contributed by atoms with E-state index in [-0.39, 0.29) is 23.9 Å². The summed E-state index contributed by atoms with van der Waals surface area (Å²) >= 11 is 0. The molecule has 0 atom stereocenters. The molecule has 0 fully saturated rings. The Morgan fingerprint density at radius 3 is 2.60 bits per heavy atom. The highest BCUT2D eigenvalue weighted by atomic mass is 16.6. The van der Waals surface area contributed by atoms with Gasteiger partial charge in [-0.05, 0) is 37.1 Å². The molecule has 0 unspecified atom stereocenters. The highest BCUT2D eigenvalue weighted by molar-refractivity contribution is 5.91. The van der Waals surface area contributed by atoms with E-state index in [4.69, 9.17) is 4.74 Å². The van der Waals surface area contributed by atoms with Gasteiger partial charge in [0.1, 0.15) is 6.33 Å². The smallest absolute Gasteiger partial charge is 0.353 e. The number of hydrogen-bond acceptors (Lipinski definition) is 8. The largest absolute Gasteiger partial charge is 0.462 e. The lowest BCUT2D eigenvalue weighted by molar-refractivity contribution is -0.383. The molecule has 0 spiro atoms. The van der Waals surface area contributed by atoms with Gasteiger partial charge in [0.2, 0.25) is 11.6 Å². The third-order valence-electron chi connectivity index (χ3n) is 4.19. The van der Waals surface area contributed by atoms with Crippen LogP contribution in [0.4, 0.5) is 23.0 Å². The first-order chi connectivity index (χ1) is 14.6. The van der Waals surface area contributed by atoms with Crippen LogP contribution in [0.5, 0.6) is 0 Å². The lowest BCUT2D eigenvalue weighted by Gasteiger charge is -2.11. The van der Waals surface area contributed by atoms with Crippen molar-refractivity contribution < 1.29 is 14.5 Å². The van der Waals surface area contributed by atoms with Crippen LogP contribution in [0.25, 0.3) is 0 Å². The van der Waals surface area contributed by atoms with Crippen LogP contribution in [0.2, 0.25) is 0 Å². The summed E-state index contributed by atoms with van der Waals surface area (Å²) in [7, 11) is 0. The predicted molar refractivity (Wildman–Crippen MR) is 113 cm³/mol. The number of benzene rings is 2. The number of ether oxygens (including phenoxy) is 1. The summed E-state index contributed by atoms with van der Waals surface area (Å²) in [6.45, 7) is 2.45. The number of nitro groups is 1. The molecule has 0 aliphatic heterocycles. The van der Waals surface area contributed by atoms with Gasteiger partial charge in [0.15, 0.2) is 0 Å². The Hall–Kier alpha value is -4.01. The second-order valence-corrected chi connectivity index (χ2v) is 6.27. The van der Waals surface area contributed by atoms with E-state index >= 15 is 0 Å². The second-order valence-electron chi connectivity index (χ2n) is 6.27. The van der Waals surface area contributed by atoms with Crippen LogP contribution in [-0.4, -0.2) is 34.0 Å². The van der Waals surface area contributed by atoms with E-state index in [0.717, 1.165) is 5.56 Å². The molecule has 3 aromatic rings. The normalized spacial score (nSPS) is 10.3. The zero-order valence-electron chi connectivity index (χ0n) is 16.4. The molecule has 0 aliphatic rings. The number of carbonyl (C=O) groups is 1. The fourth-order valence-electron chi connectivity index (χ4n) is 2.82. The Kier molecular flexibility index (Phi) is 6.88. The number of rotatable bonds is 9. The van der Waals surface area contributed by atoms with Gasteiger partial charge in [0.25, 0.3) is 0 Å². The maximum absolute atomic E-state index is 11.9. The Balaban J connectivity index is 1.78. The van der Waals surface area contributed by atoms with Crippen molar-refractivity contribution in [3.05, 3.63) is 82.2 Å². The van der Waals surface area contributed by atoms with Gasteiger partial charge < -0.3 is 15.4 Å². The Labute approximate surface area is 173 Å². The van der Waals surface area contributed by atoms with Crippen LogP contribution < -0.4 is 10.6 Å². The van der Waals surface area contributed by atoms with Gasteiger partial charge in [0.05, 0.1) is 17.1 Å². The van der Waals surface area contributed by atoms with Crippen molar-refractivity contribution >= 4 is 29.0 Å². The second kappa shape index (κ2) is 9.97. The maximum atomic E-state index is 11.9. The highest BCUT2D eigenvalue weighted by Crippen LogP contribution is 2.31. The molecule has 9 heteroatoms. The third-order valence-corrected chi connectivity index (χ3v) is 4.19. The summed E-state index contributed by atoms with van der Waals surface area (Å²) in [6.07, 6.45) is 1.93. The SMILES string of the molecule is CCOC(=O)c1cccc(Nc2ncnc(NCCc3ccccc3)c2[N+](=O)[O-])c1. The van der Waals surface area contributed by atoms with Crippen LogP contribution in [0.3, 0.4) is 0 Å². The molecule has 30 heavy (non-hydrogen) atoms. The van der Waals surface area contributed by atoms with Crippen molar-refractivity contribution in [2.75, 3.05) is 23.8 Å². The Morgan fingerprint density at radius 2 is 1.87 bits per heavy atom. The lowest BCUT2D eigenvalue weighted by Crippen LogP contribution is -2.11. The monoisotopic (exact) mass is 407 g/mol. The number of aromatic nitrogens is 2. The first kappa shape index (κ1) is 20.7. The molecular weight excluding hydrogens is 386 g/mol. The molecule has 0 amide bonds. The van der Waals surface area contributed by atoms with E-state index in [1.54, 1.807) is 31.2 Å². The summed E-state index contributed by atoms with van der Waals surface area (Å²) in [5, 5.41) is 17.6. The van der Waals surface area contributed by atoms with E-state index in [0.29, 0.717) is 24.2 Å².